The predicted molar refractivity (Wildman–Crippen MR) is 104 cm³/mol. The standard InChI is InChI=1S/C20H20ClN3O4/c1-13(27-17-11-7-6-10-16(17)26-3)20(25)24(2)12-18-22-19(23-28-18)14-8-4-5-9-15(14)21/h4-11,13H,12H2,1-3H3/t13-/m1/s1. The number of hydrogen-bond acceptors (Lipinski definition) is 6. The lowest BCUT2D eigenvalue weighted by Gasteiger charge is -2.21. The normalized spacial score (nSPS) is 11.7. The zero-order chi connectivity index (χ0) is 20.1. The molecule has 8 heteroatoms. The number of carbonyl (C=O) groups is 1. The van der Waals surface area contributed by atoms with Crippen LogP contribution in [-0.4, -0.2) is 41.2 Å². The largest absolute Gasteiger partial charge is 0.493 e. The van der Waals surface area contributed by atoms with E-state index in [9.17, 15) is 4.79 Å². The summed E-state index contributed by atoms with van der Waals surface area (Å²) in [5, 5.41) is 4.46. The Morgan fingerprint density at radius 2 is 1.86 bits per heavy atom. The van der Waals surface area contributed by atoms with E-state index < -0.39 is 6.10 Å². The maximum Gasteiger partial charge on any atom is 0.263 e. The number of benzene rings is 2. The number of likely N-dealkylation sites (N-methyl/N-ethyl adjacent to an activating group) is 1. The fourth-order valence-corrected chi connectivity index (χ4v) is 2.84. The highest BCUT2D eigenvalue weighted by molar-refractivity contribution is 6.33. The van der Waals surface area contributed by atoms with Crippen LogP contribution in [0.2, 0.25) is 5.02 Å². The minimum atomic E-state index is -0.716. The third kappa shape index (κ3) is 4.43. The Balaban J connectivity index is 1.65. The van der Waals surface area contributed by atoms with Crippen LogP contribution in [0.4, 0.5) is 0 Å². The van der Waals surface area contributed by atoms with E-state index in [0.29, 0.717) is 33.8 Å². The van der Waals surface area contributed by atoms with Gasteiger partial charge in [0, 0.05) is 12.6 Å². The van der Waals surface area contributed by atoms with E-state index in [1.165, 1.54) is 4.90 Å². The molecule has 1 amide bonds. The van der Waals surface area contributed by atoms with Crippen molar-refractivity contribution in [3.8, 4) is 22.9 Å². The molecule has 0 radical (unpaired) electrons. The fraction of sp³-hybridized carbons (Fsp3) is 0.250. The maximum atomic E-state index is 12.6. The molecule has 1 atom stereocenters. The van der Waals surface area contributed by atoms with Gasteiger partial charge in [0.2, 0.25) is 11.7 Å². The topological polar surface area (TPSA) is 77.7 Å². The molecule has 3 aromatic rings. The van der Waals surface area contributed by atoms with Crippen LogP contribution in [0.3, 0.4) is 0 Å². The van der Waals surface area contributed by atoms with Crippen LogP contribution >= 0.6 is 11.6 Å². The summed E-state index contributed by atoms with van der Waals surface area (Å²) >= 11 is 6.15. The van der Waals surface area contributed by atoms with E-state index in [2.05, 4.69) is 10.1 Å². The maximum absolute atomic E-state index is 12.6. The molecule has 0 aliphatic rings. The van der Waals surface area contributed by atoms with Crippen LogP contribution in [0.25, 0.3) is 11.4 Å². The molecule has 0 unspecified atom stereocenters. The highest BCUT2D eigenvalue weighted by atomic mass is 35.5. The zero-order valence-corrected chi connectivity index (χ0v) is 16.5. The first-order valence-electron chi connectivity index (χ1n) is 8.61. The molecule has 0 saturated heterocycles. The number of para-hydroxylation sites is 2. The van der Waals surface area contributed by atoms with Crippen LogP contribution in [0, 0.1) is 0 Å². The number of methoxy groups -OCH3 is 1. The quantitative estimate of drug-likeness (QED) is 0.598. The highest BCUT2D eigenvalue weighted by Gasteiger charge is 2.22. The second-order valence-corrected chi connectivity index (χ2v) is 6.50. The number of carbonyl (C=O) groups excluding carboxylic acids is 1. The van der Waals surface area contributed by atoms with Gasteiger partial charge in [0.05, 0.1) is 18.7 Å². The number of rotatable bonds is 7. The molecule has 3 rings (SSSR count). The molecule has 28 heavy (non-hydrogen) atoms. The Hall–Kier alpha value is -3.06. The molecular weight excluding hydrogens is 382 g/mol. The predicted octanol–water partition coefficient (Wildman–Crippen LogP) is 3.82. The second kappa shape index (κ2) is 8.75. The molecule has 1 heterocycles. The lowest BCUT2D eigenvalue weighted by Crippen LogP contribution is -2.37. The zero-order valence-electron chi connectivity index (χ0n) is 15.8. The van der Waals surface area contributed by atoms with Crippen LogP contribution in [-0.2, 0) is 11.3 Å². The molecule has 0 bridgehead atoms. The van der Waals surface area contributed by atoms with Crippen LogP contribution in [0.1, 0.15) is 12.8 Å². The average Bonchev–Trinajstić information content (AvgIpc) is 3.16. The molecule has 2 aromatic carbocycles. The summed E-state index contributed by atoms with van der Waals surface area (Å²) in [6, 6.07) is 14.4. The molecule has 146 valence electrons. The summed E-state index contributed by atoms with van der Waals surface area (Å²) in [6.07, 6.45) is -0.716. The molecule has 0 saturated carbocycles. The molecule has 7 nitrogen and oxygen atoms in total. The van der Waals surface area contributed by atoms with Gasteiger partial charge in [-0.1, -0.05) is 41.0 Å². The minimum Gasteiger partial charge on any atom is -0.493 e. The molecule has 1 aromatic heterocycles. The Morgan fingerprint density at radius 1 is 1.18 bits per heavy atom. The second-order valence-electron chi connectivity index (χ2n) is 6.10. The van der Waals surface area contributed by atoms with Gasteiger partial charge >= 0.3 is 0 Å². The van der Waals surface area contributed by atoms with Crippen molar-refractivity contribution < 1.29 is 18.8 Å². The van der Waals surface area contributed by atoms with Gasteiger partial charge in [-0.05, 0) is 31.2 Å². The number of hydrogen-bond donors (Lipinski definition) is 0. The molecule has 0 N–H and O–H groups in total. The van der Waals surface area contributed by atoms with E-state index in [1.807, 2.05) is 24.3 Å². The molecule has 0 aliphatic heterocycles. The summed E-state index contributed by atoms with van der Waals surface area (Å²) in [7, 11) is 3.19. The van der Waals surface area contributed by atoms with Gasteiger partial charge in [-0.15, -0.1) is 0 Å². The Morgan fingerprint density at radius 3 is 2.57 bits per heavy atom. The third-order valence-electron chi connectivity index (χ3n) is 4.05. The first-order chi connectivity index (χ1) is 13.5. The SMILES string of the molecule is COc1ccccc1O[C@H](C)C(=O)N(C)Cc1nc(-c2ccccc2Cl)no1. The summed E-state index contributed by atoms with van der Waals surface area (Å²) in [4.78, 5) is 18.4. The minimum absolute atomic E-state index is 0.149. The van der Waals surface area contributed by atoms with E-state index in [0.717, 1.165) is 0 Å². The number of nitrogens with zero attached hydrogens (tertiary/aromatic N) is 3. The number of halogens is 1. The average molecular weight is 402 g/mol. The fourth-order valence-electron chi connectivity index (χ4n) is 2.62. The highest BCUT2D eigenvalue weighted by Crippen LogP contribution is 2.27. The van der Waals surface area contributed by atoms with Gasteiger partial charge in [0.15, 0.2) is 17.6 Å². The van der Waals surface area contributed by atoms with Crippen LogP contribution < -0.4 is 9.47 Å². The van der Waals surface area contributed by atoms with Crippen molar-refractivity contribution in [1.29, 1.82) is 0 Å². The van der Waals surface area contributed by atoms with Crippen molar-refractivity contribution in [2.24, 2.45) is 0 Å². The summed E-state index contributed by atoms with van der Waals surface area (Å²) < 4.78 is 16.2. The van der Waals surface area contributed by atoms with Gasteiger partial charge in [0.25, 0.3) is 5.91 Å². The number of amides is 1. The Labute approximate surface area is 167 Å². The first-order valence-corrected chi connectivity index (χ1v) is 8.99. The summed E-state index contributed by atoms with van der Waals surface area (Å²) in [5.41, 5.74) is 0.668. The lowest BCUT2D eigenvalue weighted by atomic mass is 10.2. The number of aromatic nitrogens is 2. The van der Waals surface area contributed by atoms with Gasteiger partial charge in [-0.2, -0.15) is 4.98 Å². The van der Waals surface area contributed by atoms with Gasteiger partial charge in [-0.3, -0.25) is 4.79 Å². The summed E-state index contributed by atoms with van der Waals surface area (Å²) in [6.45, 7) is 1.82. The van der Waals surface area contributed by atoms with E-state index >= 15 is 0 Å². The smallest absolute Gasteiger partial charge is 0.263 e. The monoisotopic (exact) mass is 401 g/mol. The molecular formula is C20H20ClN3O4. The van der Waals surface area contributed by atoms with Crippen molar-refractivity contribution in [3.05, 3.63) is 59.4 Å². The van der Waals surface area contributed by atoms with Gasteiger partial charge in [0.1, 0.15) is 0 Å². The van der Waals surface area contributed by atoms with Crippen molar-refractivity contribution in [3.63, 3.8) is 0 Å². The molecule has 0 spiro atoms. The van der Waals surface area contributed by atoms with E-state index in [-0.39, 0.29) is 12.5 Å². The van der Waals surface area contributed by atoms with Crippen molar-refractivity contribution >= 4 is 17.5 Å². The Bertz CT molecular complexity index is 960. The third-order valence-corrected chi connectivity index (χ3v) is 4.38. The van der Waals surface area contributed by atoms with Crippen LogP contribution in [0.5, 0.6) is 11.5 Å². The van der Waals surface area contributed by atoms with Crippen LogP contribution in [0.15, 0.2) is 53.1 Å². The molecule has 0 fully saturated rings. The summed E-state index contributed by atoms with van der Waals surface area (Å²) in [5.74, 6) is 1.50. The van der Waals surface area contributed by atoms with E-state index in [1.54, 1.807) is 45.3 Å². The van der Waals surface area contributed by atoms with Gasteiger partial charge in [-0.25, -0.2) is 0 Å². The van der Waals surface area contributed by atoms with Crippen molar-refractivity contribution in [1.82, 2.24) is 15.0 Å². The van der Waals surface area contributed by atoms with Crippen molar-refractivity contribution in [2.75, 3.05) is 14.2 Å². The molecule has 0 aliphatic carbocycles. The lowest BCUT2D eigenvalue weighted by molar-refractivity contribution is -0.137. The van der Waals surface area contributed by atoms with E-state index in [4.69, 9.17) is 25.6 Å². The first kappa shape index (κ1) is 19.7. The van der Waals surface area contributed by atoms with Crippen molar-refractivity contribution in [2.45, 2.75) is 19.6 Å². The van der Waals surface area contributed by atoms with Gasteiger partial charge < -0.3 is 18.9 Å². The Kier molecular flexibility index (Phi) is 6.16. The number of ether oxygens (including phenoxy) is 2.